The first kappa shape index (κ1) is 22.4. The first-order valence-electron chi connectivity index (χ1n) is 8.10. The van der Waals surface area contributed by atoms with Gasteiger partial charge in [-0.05, 0) is 49.3 Å². The number of hydrogen-bond donors (Lipinski definition) is 1. The fraction of sp³-hybridized carbons (Fsp3) is 0.190. The maximum atomic E-state index is 12.8. The maximum absolute atomic E-state index is 12.8. The summed E-state index contributed by atoms with van der Waals surface area (Å²) in [5, 5.41) is 3.46. The standard InChI is InChI=1S/C12H13F2N.C9H10ClNO/c1-3-4-9(2)15-8-10-5-11(13)7-12(14)6-10;1-6(2)7-4-9(10)11-5-8(7)12-3/h3-7,15H,1,8H2,2H3;4-5H,1H2,2-3H3/b9-4+;. The molecule has 6 heteroatoms. The number of ether oxygens (including phenoxy) is 1. The lowest BCUT2D eigenvalue weighted by molar-refractivity contribution is 0.411. The third kappa shape index (κ3) is 8.05. The predicted molar refractivity (Wildman–Crippen MR) is 108 cm³/mol. The summed E-state index contributed by atoms with van der Waals surface area (Å²) < 4.78 is 30.7. The van der Waals surface area contributed by atoms with Gasteiger partial charge in [0.05, 0.1) is 13.3 Å². The number of halogens is 3. The Kier molecular flexibility index (Phi) is 9.23. The smallest absolute Gasteiger partial charge is 0.144 e. The molecule has 144 valence electrons. The molecule has 0 amide bonds. The Hall–Kier alpha value is -2.66. The highest BCUT2D eigenvalue weighted by Crippen LogP contribution is 2.25. The van der Waals surface area contributed by atoms with Crippen molar-refractivity contribution >= 4 is 17.2 Å². The van der Waals surface area contributed by atoms with Crippen LogP contribution in [0, 0.1) is 11.6 Å². The molecule has 0 radical (unpaired) electrons. The van der Waals surface area contributed by atoms with E-state index in [-0.39, 0.29) is 0 Å². The van der Waals surface area contributed by atoms with E-state index in [9.17, 15) is 8.78 Å². The highest BCUT2D eigenvalue weighted by Gasteiger charge is 2.04. The topological polar surface area (TPSA) is 34.1 Å². The van der Waals surface area contributed by atoms with Crippen LogP contribution < -0.4 is 10.1 Å². The molecule has 0 fully saturated rings. The van der Waals surface area contributed by atoms with Crippen LogP contribution >= 0.6 is 11.6 Å². The molecule has 27 heavy (non-hydrogen) atoms. The van der Waals surface area contributed by atoms with E-state index in [1.807, 2.05) is 13.8 Å². The molecule has 0 atom stereocenters. The molecule has 1 heterocycles. The molecule has 0 aliphatic rings. The van der Waals surface area contributed by atoms with E-state index in [1.165, 1.54) is 12.1 Å². The Morgan fingerprint density at radius 1 is 1.22 bits per heavy atom. The van der Waals surface area contributed by atoms with Gasteiger partial charge >= 0.3 is 0 Å². The van der Waals surface area contributed by atoms with Crippen molar-refractivity contribution in [2.24, 2.45) is 0 Å². The van der Waals surface area contributed by atoms with Gasteiger partial charge < -0.3 is 10.1 Å². The summed E-state index contributed by atoms with van der Waals surface area (Å²) in [6.45, 7) is 11.5. The van der Waals surface area contributed by atoms with E-state index in [1.54, 1.807) is 31.5 Å². The van der Waals surface area contributed by atoms with Gasteiger partial charge in [0.15, 0.2) is 0 Å². The minimum Gasteiger partial charge on any atom is -0.495 e. The number of rotatable bonds is 6. The molecule has 2 aromatic rings. The van der Waals surface area contributed by atoms with Crippen molar-refractivity contribution in [1.29, 1.82) is 0 Å². The molecule has 0 unspecified atom stereocenters. The van der Waals surface area contributed by atoms with Gasteiger partial charge in [0.2, 0.25) is 0 Å². The largest absolute Gasteiger partial charge is 0.495 e. The number of hydrogen-bond acceptors (Lipinski definition) is 3. The summed E-state index contributed by atoms with van der Waals surface area (Å²) in [7, 11) is 1.59. The van der Waals surface area contributed by atoms with Crippen molar-refractivity contribution in [2.45, 2.75) is 20.4 Å². The van der Waals surface area contributed by atoms with Crippen LogP contribution in [0.5, 0.6) is 5.75 Å². The summed E-state index contributed by atoms with van der Waals surface area (Å²) in [5.74, 6) is -0.416. The van der Waals surface area contributed by atoms with Gasteiger partial charge in [0, 0.05) is 23.9 Å². The van der Waals surface area contributed by atoms with Gasteiger partial charge in [0.1, 0.15) is 22.5 Å². The van der Waals surface area contributed by atoms with Gasteiger partial charge in [-0.3, -0.25) is 0 Å². The summed E-state index contributed by atoms with van der Waals surface area (Å²) in [4.78, 5) is 3.89. The van der Waals surface area contributed by atoms with Crippen molar-refractivity contribution in [2.75, 3.05) is 7.11 Å². The van der Waals surface area contributed by atoms with Gasteiger partial charge in [0.25, 0.3) is 0 Å². The number of nitrogens with one attached hydrogen (secondary N) is 1. The zero-order chi connectivity index (χ0) is 20.4. The van der Waals surface area contributed by atoms with Crippen LogP contribution in [0.25, 0.3) is 5.57 Å². The third-order valence-corrected chi connectivity index (χ3v) is 3.58. The van der Waals surface area contributed by atoms with Crippen molar-refractivity contribution in [1.82, 2.24) is 10.3 Å². The fourth-order valence-electron chi connectivity index (χ4n) is 2.10. The maximum Gasteiger partial charge on any atom is 0.144 e. The predicted octanol–water partition coefficient (Wildman–Crippen LogP) is 5.92. The summed E-state index contributed by atoms with van der Waals surface area (Å²) >= 11 is 5.71. The Bertz CT molecular complexity index is 815. The highest BCUT2D eigenvalue weighted by atomic mass is 35.5. The molecule has 2 rings (SSSR count). The van der Waals surface area contributed by atoms with Crippen LogP contribution in [0.4, 0.5) is 8.78 Å². The lowest BCUT2D eigenvalue weighted by Gasteiger charge is -2.06. The van der Waals surface area contributed by atoms with Crippen LogP contribution in [0.1, 0.15) is 25.0 Å². The van der Waals surface area contributed by atoms with E-state index in [4.69, 9.17) is 16.3 Å². The minimum atomic E-state index is -0.558. The number of benzene rings is 1. The lowest BCUT2D eigenvalue weighted by atomic mass is 10.1. The van der Waals surface area contributed by atoms with Crippen molar-refractivity contribution in [3.05, 3.63) is 89.4 Å². The average Bonchev–Trinajstić information content (AvgIpc) is 2.60. The van der Waals surface area contributed by atoms with Crippen LogP contribution in [0.15, 0.2) is 61.5 Å². The average molecular weight is 393 g/mol. The molecule has 0 aliphatic heterocycles. The molecular weight excluding hydrogens is 370 g/mol. The van der Waals surface area contributed by atoms with Crippen LogP contribution in [-0.4, -0.2) is 12.1 Å². The Morgan fingerprint density at radius 2 is 1.85 bits per heavy atom. The van der Waals surface area contributed by atoms with Crippen LogP contribution in [0.3, 0.4) is 0 Å². The zero-order valence-corrected chi connectivity index (χ0v) is 16.4. The van der Waals surface area contributed by atoms with Crippen LogP contribution in [-0.2, 0) is 6.54 Å². The first-order valence-corrected chi connectivity index (χ1v) is 8.48. The Labute approximate surface area is 164 Å². The Morgan fingerprint density at radius 3 is 2.37 bits per heavy atom. The molecule has 3 nitrogen and oxygen atoms in total. The number of aromatic nitrogens is 1. The normalized spacial score (nSPS) is 10.5. The molecule has 0 saturated carbocycles. The van der Waals surface area contributed by atoms with E-state index in [0.717, 1.165) is 22.9 Å². The van der Waals surface area contributed by atoms with E-state index in [0.29, 0.717) is 23.0 Å². The van der Waals surface area contributed by atoms with Gasteiger partial charge in [-0.1, -0.05) is 30.8 Å². The third-order valence-electron chi connectivity index (χ3n) is 3.38. The first-order chi connectivity index (χ1) is 12.8. The lowest BCUT2D eigenvalue weighted by Crippen LogP contribution is -2.10. The molecular formula is C21H23ClF2N2O. The molecule has 1 aromatic heterocycles. The molecule has 0 spiro atoms. The second-order valence-electron chi connectivity index (χ2n) is 5.70. The summed E-state index contributed by atoms with van der Waals surface area (Å²) in [6.07, 6.45) is 5.02. The molecule has 1 N–H and O–H groups in total. The van der Waals surface area contributed by atoms with E-state index >= 15 is 0 Å². The monoisotopic (exact) mass is 392 g/mol. The van der Waals surface area contributed by atoms with Crippen molar-refractivity contribution in [3.8, 4) is 5.75 Å². The second kappa shape index (κ2) is 11.1. The summed E-state index contributed by atoms with van der Waals surface area (Å²) in [6, 6.07) is 5.20. The Balaban J connectivity index is 0.000000277. The number of allylic oxidation sites excluding steroid dienone is 4. The zero-order valence-electron chi connectivity index (χ0n) is 15.7. The quantitative estimate of drug-likeness (QED) is 0.489. The van der Waals surface area contributed by atoms with Crippen molar-refractivity contribution < 1.29 is 13.5 Å². The minimum absolute atomic E-state index is 0.394. The van der Waals surface area contributed by atoms with Gasteiger partial charge in [-0.25, -0.2) is 13.8 Å². The molecule has 0 aliphatic carbocycles. The highest BCUT2D eigenvalue weighted by molar-refractivity contribution is 6.29. The van der Waals surface area contributed by atoms with Gasteiger partial charge in [-0.2, -0.15) is 0 Å². The van der Waals surface area contributed by atoms with Crippen molar-refractivity contribution in [3.63, 3.8) is 0 Å². The fourth-order valence-corrected chi connectivity index (χ4v) is 2.26. The van der Waals surface area contributed by atoms with Gasteiger partial charge in [-0.15, -0.1) is 0 Å². The second-order valence-corrected chi connectivity index (χ2v) is 6.09. The van der Waals surface area contributed by atoms with E-state index in [2.05, 4.69) is 23.5 Å². The molecule has 0 bridgehead atoms. The molecule has 1 aromatic carbocycles. The summed E-state index contributed by atoms with van der Waals surface area (Å²) in [5.41, 5.74) is 3.28. The SMILES string of the molecule is C=C(C)c1cc(Cl)ncc1OC.C=C/C=C(\C)NCc1cc(F)cc(F)c1. The van der Waals surface area contributed by atoms with E-state index < -0.39 is 11.6 Å². The molecule has 0 saturated heterocycles. The number of methoxy groups -OCH3 is 1. The number of nitrogens with zero attached hydrogens (tertiary/aromatic N) is 1. The van der Waals surface area contributed by atoms with Crippen LogP contribution in [0.2, 0.25) is 5.15 Å². The number of pyridine rings is 1.